The van der Waals surface area contributed by atoms with Gasteiger partial charge in [-0.05, 0) is 60.5 Å². The van der Waals surface area contributed by atoms with E-state index in [-0.39, 0.29) is 5.91 Å². The molecule has 0 aliphatic rings. The Morgan fingerprint density at radius 2 is 1.61 bits per heavy atom. The Labute approximate surface area is 224 Å². The SMILES string of the molecule is CNc1nc(NCc2ccc(NC(=O)c3ccc(Br)cc3)cc2)c2cccc(C)c2n1.O=C(O)C(F)(F)F. The fourth-order valence-electron chi connectivity index (χ4n) is 3.24. The van der Waals surface area contributed by atoms with Gasteiger partial charge in [0.05, 0.1) is 5.52 Å². The summed E-state index contributed by atoms with van der Waals surface area (Å²) in [6, 6.07) is 21.1. The van der Waals surface area contributed by atoms with Crippen molar-refractivity contribution in [3.05, 3.63) is 87.9 Å². The summed E-state index contributed by atoms with van der Waals surface area (Å²) < 4.78 is 32.7. The number of amides is 1. The second-order valence-corrected chi connectivity index (χ2v) is 8.85. The molecule has 198 valence electrons. The fraction of sp³-hybridized carbons (Fsp3) is 0.154. The number of anilines is 3. The molecule has 4 N–H and O–H groups in total. The van der Waals surface area contributed by atoms with Crippen LogP contribution in [0.5, 0.6) is 0 Å². The van der Waals surface area contributed by atoms with Gasteiger partial charge in [-0.2, -0.15) is 18.2 Å². The number of halogens is 4. The van der Waals surface area contributed by atoms with Crippen LogP contribution in [0.15, 0.2) is 71.2 Å². The van der Waals surface area contributed by atoms with Gasteiger partial charge >= 0.3 is 12.1 Å². The van der Waals surface area contributed by atoms with Crippen molar-refractivity contribution in [1.29, 1.82) is 0 Å². The van der Waals surface area contributed by atoms with Crippen molar-refractivity contribution in [2.24, 2.45) is 0 Å². The first kappa shape index (κ1) is 28.4. The van der Waals surface area contributed by atoms with E-state index in [9.17, 15) is 18.0 Å². The van der Waals surface area contributed by atoms with Gasteiger partial charge in [-0.3, -0.25) is 4.79 Å². The molecule has 12 heteroatoms. The van der Waals surface area contributed by atoms with E-state index in [4.69, 9.17) is 9.90 Å². The summed E-state index contributed by atoms with van der Waals surface area (Å²) in [6.07, 6.45) is -5.08. The van der Waals surface area contributed by atoms with Crippen LogP contribution in [-0.4, -0.2) is 40.2 Å². The van der Waals surface area contributed by atoms with Crippen molar-refractivity contribution in [3.63, 3.8) is 0 Å². The number of fused-ring (bicyclic) bond motifs is 1. The number of rotatable bonds is 6. The number of aliphatic carboxylic acids is 1. The molecule has 1 aromatic heterocycles. The van der Waals surface area contributed by atoms with Gasteiger partial charge < -0.3 is 21.1 Å². The van der Waals surface area contributed by atoms with Crippen molar-refractivity contribution in [1.82, 2.24) is 9.97 Å². The normalized spacial score (nSPS) is 10.8. The highest BCUT2D eigenvalue weighted by atomic mass is 79.9. The molecule has 0 bridgehead atoms. The van der Waals surface area contributed by atoms with Crippen LogP contribution in [0.3, 0.4) is 0 Å². The van der Waals surface area contributed by atoms with Crippen molar-refractivity contribution in [2.45, 2.75) is 19.6 Å². The van der Waals surface area contributed by atoms with E-state index in [1.165, 1.54) is 0 Å². The highest BCUT2D eigenvalue weighted by Crippen LogP contribution is 2.25. The van der Waals surface area contributed by atoms with E-state index in [0.29, 0.717) is 18.1 Å². The lowest BCUT2D eigenvalue weighted by Gasteiger charge is -2.12. The first-order valence-electron chi connectivity index (χ1n) is 11.1. The molecule has 4 aromatic rings. The quantitative estimate of drug-likeness (QED) is 0.210. The van der Waals surface area contributed by atoms with Gasteiger partial charge in [-0.15, -0.1) is 0 Å². The summed E-state index contributed by atoms with van der Waals surface area (Å²) in [7, 11) is 1.81. The van der Waals surface area contributed by atoms with Crippen LogP contribution in [0, 0.1) is 6.92 Å². The second-order valence-electron chi connectivity index (χ2n) is 7.93. The van der Waals surface area contributed by atoms with E-state index in [0.717, 1.165) is 38.0 Å². The number of para-hydroxylation sites is 1. The van der Waals surface area contributed by atoms with Gasteiger partial charge in [0, 0.05) is 34.7 Å². The van der Waals surface area contributed by atoms with Gasteiger partial charge in [0.25, 0.3) is 5.91 Å². The minimum absolute atomic E-state index is 0.138. The Hall–Kier alpha value is -4.19. The molecule has 0 aliphatic heterocycles. The summed E-state index contributed by atoms with van der Waals surface area (Å²) in [5, 5.41) is 17.5. The summed E-state index contributed by atoms with van der Waals surface area (Å²) >= 11 is 3.38. The maximum Gasteiger partial charge on any atom is 0.490 e. The molecular formula is C26H23BrF3N5O3. The number of carbonyl (C=O) groups is 2. The Bertz CT molecular complexity index is 1430. The van der Waals surface area contributed by atoms with Gasteiger partial charge in [-0.1, -0.05) is 40.2 Å². The zero-order valence-electron chi connectivity index (χ0n) is 20.2. The molecule has 38 heavy (non-hydrogen) atoms. The minimum atomic E-state index is -5.08. The highest BCUT2D eigenvalue weighted by Gasteiger charge is 2.38. The average Bonchev–Trinajstić information content (AvgIpc) is 2.88. The van der Waals surface area contributed by atoms with Crippen LogP contribution >= 0.6 is 15.9 Å². The number of aromatic nitrogens is 2. The summed E-state index contributed by atoms with van der Waals surface area (Å²) in [6.45, 7) is 2.64. The van der Waals surface area contributed by atoms with Crippen LogP contribution in [0.2, 0.25) is 0 Å². The van der Waals surface area contributed by atoms with Gasteiger partial charge in [0.2, 0.25) is 5.95 Å². The van der Waals surface area contributed by atoms with E-state index >= 15 is 0 Å². The van der Waals surface area contributed by atoms with E-state index in [1.807, 2.05) is 68.6 Å². The van der Waals surface area contributed by atoms with Gasteiger partial charge in [0.15, 0.2) is 0 Å². The first-order valence-corrected chi connectivity index (χ1v) is 11.9. The third-order valence-corrected chi connectivity index (χ3v) is 5.70. The fourth-order valence-corrected chi connectivity index (χ4v) is 3.50. The van der Waals surface area contributed by atoms with E-state index in [1.54, 1.807) is 12.1 Å². The van der Waals surface area contributed by atoms with Gasteiger partial charge in [-0.25, -0.2) is 9.78 Å². The van der Waals surface area contributed by atoms with E-state index < -0.39 is 12.1 Å². The zero-order chi connectivity index (χ0) is 27.9. The Morgan fingerprint density at radius 1 is 0.974 bits per heavy atom. The highest BCUT2D eigenvalue weighted by molar-refractivity contribution is 9.10. The number of benzene rings is 3. The molecular weight excluding hydrogens is 567 g/mol. The molecule has 1 amide bonds. The average molecular weight is 590 g/mol. The molecule has 0 saturated carbocycles. The van der Waals surface area contributed by atoms with E-state index in [2.05, 4.69) is 41.8 Å². The van der Waals surface area contributed by atoms with Crippen LogP contribution in [-0.2, 0) is 11.3 Å². The van der Waals surface area contributed by atoms with Gasteiger partial charge in [0.1, 0.15) is 5.82 Å². The molecule has 0 spiro atoms. The van der Waals surface area contributed by atoms with Crippen LogP contribution < -0.4 is 16.0 Å². The van der Waals surface area contributed by atoms with Crippen LogP contribution in [0.1, 0.15) is 21.5 Å². The molecule has 1 heterocycles. The molecule has 4 rings (SSSR count). The number of nitrogens with zero attached hydrogens (tertiary/aromatic N) is 2. The number of carbonyl (C=O) groups excluding carboxylic acids is 1. The molecule has 8 nitrogen and oxygen atoms in total. The largest absolute Gasteiger partial charge is 0.490 e. The molecule has 3 aromatic carbocycles. The number of aryl methyl sites for hydroxylation is 1. The minimum Gasteiger partial charge on any atom is -0.475 e. The number of hydrogen-bond acceptors (Lipinski definition) is 6. The third kappa shape index (κ3) is 7.65. The molecule has 0 radical (unpaired) electrons. The number of nitrogens with one attached hydrogen (secondary N) is 3. The topological polar surface area (TPSA) is 116 Å². The lowest BCUT2D eigenvalue weighted by molar-refractivity contribution is -0.192. The summed E-state index contributed by atoms with van der Waals surface area (Å²) in [5.41, 5.74) is 4.46. The standard InChI is InChI=1S/C24H22BrN5O.C2HF3O2/c1-15-4-3-5-20-21(15)29-24(26-2)30-22(20)27-14-16-6-12-19(13-7-16)28-23(31)17-8-10-18(25)11-9-17;3-2(4,5)1(6)7/h3-13H,14H2,1-2H3,(H,28,31)(H2,26,27,29,30);(H,6,7). The predicted molar refractivity (Wildman–Crippen MR) is 143 cm³/mol. The van der Waals surface area contributed by atoms with Crippen LogP contribution in [0.4, 0.5) is 30.6 Å². The molecule has 0 fully saturated rings. The Kier molecular flexibility index (Phi) is 9.24. The third-order valence-electron chi connectivity index (χ3n) is 5.17. The molecule has 0 unspecified atom stereocenters. The number of carboxylic acid groups (broad SMARTS) is 1. The lowest BCUT2D eigenvalue weighted by Crippen LogP contribution is -2.21. The Morgan fingerprint density at radius 3 is 2.18 bits per heavy atom. The lowest BCUT2D eigenvalue weighted by atomic mass is 10.1. The number of alkyl halides is 3. The molecule has 0 saturated heterocycles. The summed E-state index contributed by atoms with van der Waals surface area (Å²) in [4.78, 5) is 30.4. The molecule has 0 atom stereocenters. The van der Waals surface area contributed by atoms with Crippen molar-refractivity contribution in [2.75, 3.05) is 23.0 Å². The predicted octanol–water partition coefficient (Wildman–Crippen LogP) is 6.24. The zero-order valence-corrected chi connectivity index (χ0v) is 21.8. The summed E-state index contributed by atoms with van der Waals surface area (Å²) in [5.74, 6) is -1.53. The van der Waals surface area contributed by atoms with Crippen molar-refractivity contribution in [3.8, 4) is 0 Å². The maximum absolute atomic E-state index is 12.4. The number of hydrogen-bond donors (Lipinski definition) is 4. The maximum atomic E-state index is 12.4. The van der Waals surface area contributed by atoms with Crippen molar-refractivity contribution < 1.29 is 27.9 Å². The van der Waals surface area contributed by atoms with Crippen LogP contribution in [0.25, 0.3) is 10.9 Å². The van der Waals surface area contributed by atoms with Crippen molar-refractivity contribution >= 4 is 56.2 Å². The monoisotopic (exact) mass is 589 g/mol. The number of carboxylic acids is 1. The smallest absolute Gasteiger partial charge is 0.475 e. The Balaban J connectivity index is 0.000000505. The molecule has 0 aliphatic carbocycles. The first-order chi connectivity index (χ1) is 18.0. The second kappa shape index (κ2) is 12.4.